The van der Waals surface area contributed by atoms with Crippen LogP contribution < -0.4 is 11.1 Å². The highest BCUT2D eigenvalue weighted by molar-refractivity contribution is 7.07. The second-order valence-corrected chi connectivity index (χ2v) is 4.60. The fourth-order valence-electron chi connectivity index (χ4n) is 1.54. The first kappa shape index (κ1) is 11.7. The highest BCUT2D eigenvalue weighted by Crippen LogP contribution is 2.20. The molecule has 2 rings (SSSR count). The number of rotatable bonds is 5. The lowest BCUT2D eigenvalue weighted by Crippen LogP contribution is -2.18. The molecule has 6 heteroatoms. The maximum Gasteiger partial charge on any atom is 0.239 e. The molecule has 3 N–H and O–H groups in total. The molecule has 0 aliphatic heterocycles. The van der Waals surface area contributed by atoms with Gasteiger partial charge in [-0.05, 0) is 29.3 Å². The lowest BCUT2D eigenvalue weighted by atomic mass is 10.2. The highest BCUT2D eigenvalue weighted by atomic mass is 32.1. The van der Waals surface area contributed by atoms with Gasteiger partial charge in [-0.15, -0.1) is 0 Å². The van der Waals surface area contributed by atoms with Crippen LogP contribution in [-0.2, 0) is 11.3 Å². The van der Waals surface area contributed by atoms with Gasteiger partial charge >= 0.3 is 0 Å². The van der Waals surface area contributed by atoms with E-state index in [-0.39, 0.29) is 12.6 Å². The van der Waals surface area contributed by atoms with E-state index in [9.17, 15) is 4.79 Å². The molecule has 0 aliphatic rings. The molecule has 0 fully saturated rings. The van der Waals surface area contributed by atoms with Crippen molar-refractivity contribution in [1.29, 1.82) is 0 Å². The summed E-state index contributed by atoms with van der Waals surface area (Å²) < 4.78 is 1.52. The van der Waals surface area contributed by atoms with E-state index in [4.69, 9.17) is 5.73 Å². The molecule has 0 spiro atoms. The molecule has 0 bridgehead atoms. The van der Waals surface area contributed by atoms with Crippen molar-refractivity contribution in [3.8, 4) is 0 Å². The third kappa shape index (κ3) is 3.07. The van der Waals surface area contributed by atoms with Crippen molar-refractivity contribution in [2.75, 3.05) is 5.32 Å². The fourth-order valence-corrected chi connectivity index (χ4v) is 2.29. The molecule has 2 heterocycles. The second kappa shape index (κ2) is 5.01. The lowest BCUT2D eigenvalue weighted by molar-refractivity contribution is -0.118. The topological polar surface area (TPSA) is 72.9 Å². The number of carbonyl (C=O) groups is 1. The van der Waals surface area contributed by atoms with Gasteiger partial charge in [0.1, 0.15) is 6.54 Å². The first-order chi connectivity index (χ1) is 8.15. The van der Waals surface area contributed by atoms with Gasteiger partial charge in [0.25, 0.3) is 0 Å². The Morgan fingerprint density at radius 1 is 1.71 bits per heavy atom. The van der Waals surface area contributed by atoms with Crippen LogP contribution in [0.1, 0.15) is 18.5 Å². The van der Waals surface area contributed by atoms with E-state index in [0.29, 0.717) is 0 Å². The van der Waals surface area contributed by atoms with Gasteiger partial charge in [-0.1, -0.05) is 0 Å². The van der Waals surface area contributed by atoms with E-state index in [1.165, 1.54) is 10.2 Å². The molecule has 0 aromatic carbocycles. The number of anilines is 1. The van der Waals surface area contributed by atoms with Crippen molar-refractivity contribution in [2.24, 2.45) is 5.73 Å². The van der Waals surface area contributed by atoms with E-state index in [0.717, 1.165) is 5.69 Å². The fraction of sp³-hybridized carbons (Fsp3) is 0.273. The largest absolute Gasteiger partial charge is 0.376 e. The molecule has 90 valence electrons. The minimum absolute atomic E-state index is 0.106. The van der Waals surface area contributed by atoms with Crippen LogP contribution in [0.3, 0.4) is 0 Å². The van der Waals surface area contributed by atoms with Crippen molar-refractivity contribution in [2.45, 2.75) is 19.5 Å². The normalized spacial score (nSPS) is 12.3. The van der Waals surface area contributed by atoms with E-state index >= 15 is 0 Å². The van der Waals surface area contributed by atoms with Crippen LogP contribution in [0.5, 0.6) is 0 Å². The number of hydrogen-bond donors (Lipinski definition) is 2. The average Bonchev–Trinajstić information content (AvgIpc) is 2.87. The Balaban J connectivity index is 1.99. The summed E-state index contributed by atoms with van der Waals surface area (Å²) in [5, 5.41) is 11.5. The Bertz CT molecular complexity index is 491. The Labute approximate surface area is 103 Å². The molecule has 1 amide bonds. The van der Waals surface area contributed by atoms with E-state index in [2.05, 4.69) is 28.8 Å². The van der Waals surface area contributed by atoms with Gasteiger partial charge in [-0.3, -0.25) is 9.48 Å². The molecule has 5 nitrogen and oxygen atoms in total. The lowest BCUT2D eigenvalue weighted by Gasteiger charge is -2.11. The minimum Gasteiger partial charge on any atom is -0.376 e. The molecule has 0 saturated carbocycles. The van der Waals surface area contributed by atoms with Crippen molar-refractivity contribution in [3.63, 3.8) is 0 Å². The summed E-state index contributed by atoms with van der Waals surface area (Å²) in [5.41, 5.74) is 7.21. The first-order valence-electron chi connectivity index (χ1n) is 5.24. The summed E-state index contributed by atoms with van der Waals surface area (Å²) >= 11 is 1.67. The molecule has 0 radical (unpaired) electrons. The summed E-state index contributed by atoms with van der Waals surface area (Å²) in [6.45, 7) is 2.18. The number of hydrogen-bond acceptors (Lipinski definition) is 4. The number of amides is 1. The minimum atomic E-state index is -0.398. The molecular weight excluding hydrogens is 236 g/mol. The van der Waals surface area contributed by atoms with Crippen molar-refractivity contribution in [3.05, 3.63) is 34.8 Å². The number of nitrogens with two attached hydrogens (primary N) is 1. The number of nitrogens with one attached hydrogen (secondary N) is 1. The van der Waals surface area contributed by atoms with Gasteiger partial charge in [-0.2, -0.15) is 16.4 Å². The van der Waals surface area contributed by atoms with Crippen LogP contribution in [0.15, 0.2) is 29.2 Å². The number of thiophene rings is 1. The van der Waals surface area contributed by atoms with Gasteiger partial charge in [0, 0.05) is 12.2 Å². The predicted octanol–water partition coefficient (Wildman–Crippen LogP) is 1.60. The van der Waals surface area contributed by atoms with E-state index in [1.807, 2.05) is 5.38 Å². The van der Waals surface area contributed by atoms with E-state index in [1.54, 1.807) is 23.7 Å². The van der Waals surface area contributed by atoms with Crippen LogP contribution in [-0.4, -0.2) is 15.7 Å². The van der Waals surface area contributed by atoms with Crippen LogP contribution in [0.4, 0.5) is 5.69 Å². The van der Waals surface area contributed by atoms with Crippen molar-refractivity contribution < 1.29 is 4.79 Å². The number of primary amides is 1. The standard InChI is InChI=1S/C11H14N4OS/c1-8(9-2-3-17-7-9)14-10-4-13-15(5-10)6-11(12)16/h2-5,7-8,14H,6H2,1H3,(H2,12,16). The molecule has 0 saturated heterocycles. The Morgan fingerprint density at radius 2 is 2.53 bits per heavy atom. The first-order valence-corrected chi connectivity index (χ1v) is 6.19. The number of nitrogens with zero attached hydrogens (tertiary/aromatic N) is 2. The summed E-state index contributed by atoms with van der Waals surface area (Å²) in [6, 6.07) is 2.29. The summed E-state index contributed by atoms with van der Waals surface area (Å²) in [6.07, 6.45) is 3.46. The average molecular weight is 250 g/mol. The SMILES string of the molecule is CC(Nc1cnn(CC(N)=O)c1)c1ccsc1. The van der Waals surface area contributed by atoms with Crippen molar-refractivity contribution >= 4 is 22.9 Å². The molecule has 2 aromatic rings. The van der Waals surface area contributed by atoms with Gasteiger partial charge in [-0.25, -0.2) is 0 Å². The van der Waals surface area contributed by atoms with Gasteiger partial charge in [0.15, 0.2) is 0 Å². The second-order valence-electron chi connectivity index (χ2n) is 3.82. The maximum absolute atomic E-state index is 10.7. The number of carbonyl (C=O) groups excluding carboxylic acids is 1. The van der Waals surface area contributed by atoms with Crippen LogP contribution in [0.2, 0.25) is 0 Å². The van der Waals surface area contributed by atoms with Gasteiger partial charge in [0.2, 0.25) is 5.91 Å². The summed E-state index contributed by atoms with van der Waals surface area (Å²) in [5.74, 6) is -0.398. The molecule has 2 aromatic heterocycles. The summed E-state index contributed by atoms with van der Waals surface area (Å²) in [4.78, 5) is 10.7. The molecular formula is C11H14N4OS. The van der Waals surface area contributed by atoms with Gasteiger partial charge in [0.05, 0.1) is 11.9 Å². The summed E-state index contributed by atoms with van der Waals surface area (Å²) in [7, 11) is 0. The predicted molar refractivity (Wildman–Crippen MR) is 67.8 cm³/mol. The third-order valence-corrected chi connectivity index (χ3v) is 3.08. The van der Waals surface area contributed by atoms with Crippen LogP contribution in [0, 0.1) is 0 Å². The van der Waals surface area contributed by atoms with Crippen molar-refractivity contribution in [1.82, 2.24) is 9.78 Å². The Hall–Kier alpha value is -1.82. The maximum atomic E-state index is 10.7. The molecule has 1 atom stereocenters. The van der Waals surface area contributed by atoms with Gasteiger partial charge < -0.3 is 11.1 Å². The third-order valence-electron chi connectivity index (χ3n) is 2.38. The quantitative estimate of drug-likeness (QED) is 0.846. The van der Waals surface area contributed by atoms with Crippen LogP contribution in [0.25, 0.3) is 0 Å². The Kier molecular flexibility index (Phi) is 3.43. The number of aromatic nitrogens is 2. The Morgan fingerprint density at radius 3 is 3.18 bits per heavy atom. The molecule has 1 unspecified atom stereocenters. The zero-order valence-corrected chi connectivity index (χ0v) is 10.3. The zero-order valence-electron chi connectivity index (χ0n) is 9.46. The van der Waals surface area contributed by atoms with E-state index < -0.39 is 5.91 Å². The smallest absolute Gasteiger partial charge is 0.239 e. The zero-order chi connectivity index (χ0) is 12.3. The molecule has 17 heavy (non-hydrogen) atoms. The molecule has 0 aliphatic carbocycles. The van der Waals surface area contributed by atoms with Crippen LogP contribution >= 0.6 is 11.3 Å². The monoisotopic (exact) mass is 250 g/mol. The highest BCUT2D eigenvalue weighted by Gasteiger charge is 2.07.